The lowest BCUT2D eigenvalue weighted by Crippen LogP contribution is -1.95. The van der Waals surface area contributed by atoms with Crippen LogP contribution in [0.2, 0.25) is 0 Å². The molecule has 3 nitrogen and oxygen atoms in total. The second kappa shape index (κ2) is 10.5. The summed E-state index contributed by atoms with van der Waals surface area (Å²) in [6.07, 6.45) is 0. The molecule has 0 N–H and O–H groups in total. The molecule has 0 unspecified atom stereocenters. The first-order valence-electron chi connectivity index (χ1n) is 17.6. The van der Waals surface area contributed by atoms with E-state index in [-0.39, 0.29) is 0 Å². The highest BCUT2D eigenvalue weighted by Crippen LogP contribution is 2.46. The lowest BCUT2D eigenvalue weighted by atomic mass is 9.97. The fraction of sp³-hybridized carbons (Fsp3) is 0. The van der Waals surface area contributed by atoms with Gasteiger partial charge in [0.15, 0.2) is 0 Å². The number of rotatable bonds is 3. The monoisotopic (exact) mass is 681 g/mol. The van der Waals surface area contributed by atoms with Crippen molar-refractivity contribution in [2.45, 2.75) is 0 Å². The maximum Gasteiger partial charge on any atom is 0.138 e. The van der Waals surface area contributed by atoms with Crippen molar-refractivity contribution in [1.82, 2.24) is 4.57 Å². The van der Waals surface area contributed by atoms with Crippen LogP contribution in [-0.2, 0) is 0 Å². The van der Waals surface area contributed by atoms with Crippen LogP contribution in [0.3, 0.4) is 0 Å². The van der Waals surface area contributed by atoms with Gasteiger partial charge in [-0.05, 0) is 71.3 Å². The van der Waals surface area contributed by atoms with Crippen LogP contribution < -0.4 is 0 Å². The zero-order chi connectivity index (χ0) is 33.9. The molecule has 0 saturated carbocycles. The number of thiophene rings is 1. The number of aromatic nitrogens is 1. The molecular weight excluding hydrogens is 655 g/mol. The normalized spacial score (nSPS) is 12.2. The molecule has 4 heterocycles. The lowest BCUT2D eigenvalue weighted by molar-refractivity contribution is 0.668. The summed E-state index contributed by atoms with van der Waals surface area (Å²) in [6.45, 7) is 0. The van der Waals surface area contributed by atoms with Gasteiger partial charge in [0.05, 0.1) is 16.7 Å². The van der Waals surface area contributed by atoms with Crippen molar-refractivity contribution in [3.05, 3.63) is 164 Å². The van der Waals surface area contributed by atoms with Crippen LogP contribution in [0.4, 0.5) is 0 Å². The third kappa shape index (κ3) is 3.90. The molecule has 0 bridgehead atoms. The Morgan fingerprint density at radius 1 is 0.385 bits per heavy atom. The molecule has 0 aliphatic heterocycles. The van der Waals surface area contributed by atoms with Crippen molar-refractivity contribution < 1.29 is 8.83 Å². The van der Waals surface area contributed by atoms with Crippen LogP contribution in [0.1, 0.15) is 0 Å². The van der Waals surface area contributed by atoms with Crippen LogP contribution in [0.5, 0.6) is 0 Å². The molecule has 0 atom stereocenters. The molecule has 0 fully saturated rings. The Bertz CT molecular complexity index is 3430. The van der Waals surface area contributed by atoms with Crippen LogP contribution in [0.25, 0.3) is 114 Å². The van der Waals surface area contributed by atoms with E-state index in [1.165, 1.54) is 53.2 Å². The Morgan fingerprint density at radius 3 is 1.90 bits per heavy atom. The molecule has 0 saturated heterocycles. The van der Waals surface area contributed by atoms with E-state index in [1.54, 1.807) is 0 Å². The summed E-state index contributed by atoms with van der Waals surface area (Å²) in [4.78, 5) is 0. The molecule has 0 radical (unpaired) electrons. The number of benzene rings is 8. The summed E-state index contributed by atoms with van der Waals surface area (Å²) in [7, 11) is 0. The Balaban J connectivity index is 1.12. The molecule has 242 valence electrons. The maximum atomic E-state index is 6.67. The maximum absolute atomic E-state index is 6.67. The van der Waals surface area contributed by atoms with Crippen LogP contribution in [0, 0.1) is 0 Å². The molecule has 8 aromatic carbocycles. The minimum Gasteiger partial charge on any atom is -0.456 e. The van der Waals surface area contributed by atoms with Gasteiger partial charge in [-0.2, -0.15) is 0 Å². The fourth-order valence-electron chi connectivity index (χ4n) is 8.48. The van der Waals surface area contributed by atoms with E-state index < -0.39 is 0 Å². The molecule has 12 rings (SSSR count). The molecule has 52 heavy (non-hydrogen) atoms. The Kier molecular flexibility index (Phi) is 5.65. The van der Waals surface area contributed by atoms with Gasteiger partial charge < -0.3 is 13.4 Å². The van der Waals surface area contributed by atoms with Gasteiger partial charge in [-0.25, -0.2) is 0 Å². The summed E-state index contributed by atoms with van der Waals surface area (Å²) in [6, 6.07) is 58.9. The van der Waals surface area contributed by atoms with Crippen molar-refractivity contribution in [2.24, 2.45) is 0 Å². The Labute approximate surface area is 301 Å². The quantitative estimate of drug-likeness (QED) is 0.186. The van der Waals surface area contributed by atoms with Crippen molar-refractivity contribution in [2.75, 3.05) is 0 Å². The number of para-hydroxylation sites is 3. The van der Waals surface area contributed by atoms with E-state index >= 15 is 0 Å². The predicted octanol–water partition coefficient (Wildman–Crippen LogP) is 14.3. The highest BCUT2D eigenvalue weighted by Gasteiger charge is 2.21. The molecule has 0 aliphatic carbocycles. The van der Waals surface area contributed by atoms with Gasteiger partial charge in [-0.15, -0.1) is 11.3 Å². The van der Waals surface area contributed by atoms with Gasteiger partial charge >= 0.3 is 0 Å². The SMILES string of the molecule is c1ccc2c(c1)oc1ccc(-c3ccc4c(c3)c3ccccc3n4-c3cc(-c4cccc5c4sc4ccccc45)c4c(c3)oc3ccccc34)cc12. The Hall–Kier alpha value is -6.62. The van der Waals surface area contributed by atoms with Gasteiger partial charge in [0.25, 0.3) is 0 Å². The van der Waals surface area contributed by atoms with Crippen molar-refractivity contribution in [3.8, 4) is 27.9 Å². The molecule has 0 aliphatic rings. The topological polar surface area (TPSA) is 31.2 Å². The number of nitrogens with zero attached hydrogens (tertiary/aromatic N) is 1. The first-order valence-corrected chi connectivity index (χ1v) is 18.4. The lowest BCUT2D eigenvalue weighted by Gasteiger charge is -2.13. The van der Waals surface area contributed by atoms with E-state index in [0.29, 0.717) is 0 Å². The van der Waals surface area contributed by atoms with E-state index in [1.807, 2.05) is 23.5 Å². The first kappa shape index (κ1) is 28.1. The minimum atomic E-state index is 0.884. The average molecular weight is 682 g/mol. The second-order valence-corrected chi connectivity index (χ2v) is 14.7. The Morgan fingerprint density at radius 2 is 1.02 bits per heavy atom. The van der Waals surface area contributed by atoms with Crippen molar-refractivity contribution >= 4 is 97.2 Å². The largest absolute Gasteiger partial charge is 0.456 e. The zero-order valence-electron chi connectivity index (χ0n) is 27.8. The third-order valence-corrected chi connectivity index (χ3v) is 12.0. The first-order chi connectivity index (χ1) is 25.8. The summed E-state index contributed by atoms with van der Waals surface area (Å²) in [5.74, 6) is 0. The van der Waals surface area contributed by atoms with E-state index in [0.717, 1.165) is 60.6 Å². The number of fused-ring (bicyclic) bond motifs is 12. The predicted molar refractivity (Wildman–Crippen MR) is 219 cm³/mol. The molecule has 4 heteroatoms. The molecule has 12 aromatic rings. The molecule has 0 amide bonds. The minimum absolute atomic E-state index is 0.884. The van der Waals surface area contributed by atoms with Gasteiger partial charge in [0, 0.05) is 64.1 Å². The van der Waals surface area contributed by atoms with Gasteiger partial charge in [0.1, 0.15) is 22.3 Å². The highest BCUT2D eigenvalue weighted by molar-refractivity contribution is 7.26. The fourth-order valence-corrected chi connectivity index (χ4v) is 9.71. The van der Waals surface area contributed by atoms with Gasteiger partial charge in [-0.1, -0.05) is 103 Å². The molecule has 0 spiro atoms. The summed E-state index contributed by atoms with van der Waals surface area (Å²) in [5.41, 5.74) is 11.7. The number of hydrogen-bond acceptors (Lipinski definition) is 3. The number of hydrogen-bond donors (Lipinski definition) is 0. The number of furan rings is 2. The smallest absolute Gasteiger partial charge is 0.138 e. The molecule has 4 aromatic heterocycles. The van der Waals surface area contributed by atoms with Crippen LogP contribution in [0.15, 0.2) is 173 Å². The average Bonchev–Trinajstić information content (AvgIpc) is 3.95. The molecular formula is C48H27NO2S. The summed E-state index contributed by atoms with van der Waals surface area (Å²) in [5, 5.41) is 9.56. The van der Waals surface area contributed by atoms with Crippen molar-refractivity contribution in [3.63, 3.8) is 0 Å². The van der Waals surface area contributed by atoms with E-state index in [9.17, 15) is 0 Å². The van der Waals surface area contributed by atoms with Crippen LogP contribution in [-0.4, -0.2) is 4.57 Å². The summed E-state index contributed by atoms with van der Waals surface area (Å²) < 4.78 is 17.8. The van der Waals surface area contributed by atoms with Crippen molar-refractivity contribution in [1.29, 1.82) is 0 Å². The second-order valence-electron chi connectivity index (χ2n) is 13.6. The summed E-state index contributed by atoms with van der Waals surface area (Å²) >= 11 is 1.87. The standard InChI is InChI=1S/C48H27NO2S/c1-5-16-40-31(10-1)37-24-28(29-21-23-44-38(25-29)32-11-2-6-17-42(32)50-44)20-22-41(37)49(40)30-26-39(47-36-13-3-7-18-43(36)51-45(47)27-30)35-15-9-14-34-33-12-4-8-19-46(33)52-48(34)35/h1-27H. The zero-order valence-corrected chi connectivity index (χ0v) is 28.6. The van der Waals surface area contributed by atoms with E-state index in [4.69, 9.17) is 8.83 Å². The van der Waals surface area contributed by atoms with E-state index in [2.05, 4.69) is 156 Å². The van der Waals surface area contributed by atoms with Crippen LogP contribution >= 0.6 is 11.3 Å². The van der Waals surface area contributed by atoms with Gasteiger partial charge in [-0.3, -0.25) is 0 Å². The highest BCUT2D eigenvalue weighted by atomic mass is 32.1. The third-order valence-electron chi connectivity index (χ3n) is 10.8. The van der Waals surface area contributed by atoms with Gasteiger partial charge in [0.2, 0.25) is 0 Å².